The minimum absolute atomic E-state index is 0.319. The molecule has 2 bridgehead atoms. The lowest BCUT2D eigenvalue weighted by molar-refractivity contribution is -0.148. The van der Waals surface area contributed by atoms with Gasteiger partial charge in [0.1, 0.15) is 5.82 Å². The summed E-state index contributed by atoms with van der Waals surface area (Å²) in [6, 6.07) is 22.3. The Hall–Kier alpha value is -4.40. The number of aromatic nitrogens is 2. The molecule has 0 saturated carbocycles. The fourth-order valence-electron chi connectivity index (χ4n) is 7.67. The molecule has 0 spiro atoms. The summed E-state index contributed by atoms with van der Waals surface area (Å²) in [6.45, 7) is 6.48. The summed E-state index contributed by atoms with van der Waals surface area (Å²) in [6.07, 6.45) is 10.5. The highest BCUT2D eigenvalue weighted by Crippen LogP contribution is 2.38. The monoisotopic (exact) mass is 628 g/mol. The van der Waals surface area contributed by atoms with Crippen LogP contribution in [0.25, 0.3) is 22.4 Å². The first-order valence-corrected chi connectivity index (χ1v) is 17.1. The topological polar surface area (TPSA) is 108 Å². The predicted octanol–water partition coefficient (Wildman–Crippen LogP) is 6.60. The molecule has 3 N–H and O–H groups in total. The van der Waals surface area contributed by atoms with E-state index in [1.54, 1.807) is 4.90 Å². The molecule has 4 aromatic rings. The Morgan fingerprint density at radius 2 is 1.72 bits per heavy atom. The summed E-state index contributed by atoms with van der Waals surface area (Å²) in [5.74, 6) is 0.338. The van der Waals surface area contributed by atoms with Crippen molar-refractivity contribution in [1.82, 2.24) is 14.9 Å². The van der Waals surface area contributed by atoms with Crippen LogP contribution in [0.4, 0.5) is 11.5 Å². The molecular formula is C39H44N6O2. The Kier molecular flexibility index (Phi) is 8.88. The van der Waals surface area contributed by atoms with Crippen molar-refractivity contribution in [1.29, 1.82) is 5.41 Å². The Bertz CT molecular complexity index is 1770. The van der Waals surface area contributed by atoms with Gasteiger partial charge in [0.15, 0.2) is 0 Å². The molecule has 4 heterocycles. The number of pyridine rings is 2. The summed E-state index contributed by atoms with van der Waals surface area (Å²) < 4.78 is 5.74. The van der Waals surface area contributed by atoms with Gasteiger partial charge in [-0.3, -0.25) is 20.1 Å². The molecule has 47 heavy (non-hydrogen) atoms. The van der Waals surface area contributed by atoms with Gasteiger partial charge < -0.3 is 15.4 Å². The number of nitrogens with two attached hydrogens (primary N) is 1. The minimum Gasteiger partial charge on any atom is -0.383 e. The van der Waals surface area contributed by atoms with E-state index in [2.05, 4.69) is 35.0 Å². The molecule has 3 unspecified atom stereocenters. The predicted molar refractivity (Wildman–Crippen MR) is 188 cm³/mol. The molecule has 8 heteroatoms. The van der Waals surface area contributed by atoms with E-state index in [9.17, 15) is 4.79 Å². The third-order valence-corrected chi connectivity index (χ3v) is 10.3. The normalized spacial score (nSPS) is 20.5. The molecule has 3 aliphatic rings. The molecule has 2 saturated heterocycles. The molecule has 2 aromatic heterocycles. The zero-order chi connectivity index (χ0) is 32.5. The second-order valence-corrected chi connectivity index (χ2v) is 13.3. The fraction of sp³-hybridized carbons (Fsp3) is 0.385. The molecule has 7 rings (SSSR count). The van der Waals surface area contributed by atoms with E-state index in [1.807, 2.05) is 55.6 Å². The van der Waals surface area contributed by atoms with Crippen molar-refractivity contribution in [2.45, 2.75) is 76.9 Å². The van der Waals surface area contributed by atoms with Crippen LogP contribution in [0.5, 0.6) is 0 Å². The van der Waals surface area contributed by atoms with Crippen LogP contribution < -0.4 is 10.6 Å². The number of carbonyl (C=O) groups is 1. The SMILES string of the molecule is CCCCN(C=O)c1ccc(C)nc1-c1ccc(C(=N)c2cc(-c3ccc4c(c3)CCC(N3C5COCC3C5)CC4)cnc2N)cc1. The van der Waals surface area contributed by atoms with Crippen molar-refractivity contribution in [3.05, 3.63) is 94.8 Å². The van der Waals surface area contributed by atoms with Crippen LogP contribution in [-0.4, -0.2) is 64.9 Å². The van der Waals surface area contributed by atoms with Gasteiger partial charge in [-0.05, 0) is 80.3 Å². The summed E-state index contributed by atoms with van der Waals surface area (Å²) >= 11 is 0. The van der Waals surface area contributed by atoms with Crippen LogP contribution >= 0.6 is 0 Å². The number of anilines is 2. The first-order chi connectivity index (χ1) is 22.9. The van der Waals surface area contributed by atoms with Crippen molar-refractivity contribution < 1.29 is 9.53 Å². The molecule has 8 nitrogen and oxygen atoms in total. The second-order valence-electron chi connectivity index (χ2n) is 13.3. The summed E-state index contributed by atoms with van der Waals surface area (Å²) in [5.41, 5.74) is 16.3. The highest BCUT2D eigenvalue weighted by molar-refractivity contribution is 6.14. The van der Waals surface area contributed by atoms with Gasteiger partial charge in [-0.15, -0.1) is 0 Å². The van der Waals surface area contributed by atoms with Crippen LogP contribution in [0.15, 0.2) is 66.9 Å². The van der Waals surface area contributed by atoms with Crippen LogP contribution in [0, 0.1) is 12.3 Å². The average Bonchev–Trinajstić information content (AvgIpc) is 3.31. The number of unbranched alkanes of at least 4 members (excludes halogenated alkanes) is 1. The van der Waals surface area contributed by atoms with Gasteiger partial charge in [-0.25, -0.2) is 4.98 Å². The summed E-state index contributed by atoms with van der Waals surface area (Å²) in [5, 5.41) is 9.11. The molecular weight excluding hydrogens is 584 g/mol. The standard InChI is InChI=1S/C39H44N6O2/c1-3-4-17-44(24-46)36-16-5-25(2)43-38(36)28-9-7-27(8-10-28)37(40)35-19-31(21-42-39(35)41)30-11-6-26-12-14-32(15-13-29(26)18-30)45-33-20-34(45)23-47-22-33/h5-11,16,18-19,21,24,32-34,40H,3-4,12-15,17,20,22-23H2,1-2H3,(H2,41,42). The quantitative estimate of drug-likeness (QED) is 0.116. The number of carbonyl (C=O) groups excluding carboxylic acids is 1. The number of nitrogen functional groups attached to an aromatic ring is 1. The first kappa shape index (κ1) is 31.2. The highest BCUT2D eigenvalue weighted by Gasteiger charge is 2.45. The van der Waals surface area contributed by atoms with Gasteiger partial charge in [0.2, 0.25) is 6.41 Å². The zero-order valence-corrected chi connectivity index (χ0v) is 27.4. The van der Waals surface area contributed by atoms with Crippen LogP contribution in [-0.2, 0) is 22.4 Å². The smallest absolute Gasteiger partial charge is 0.214 e. The Balaban J connectivity index is 1.10. The Morgan fingerprint density at radius 3 is 2.45 bits per heavy atom. The van der Waals surface area contributed by atoms with Gasteiger partial charge >= 0.3 is 0 Å². The number of nitrogens with zero attached hydrogens (tertiary/aromatic N) is 4. The van der Waals surface area contributed by atoms with Crippen LogP contribution in [0.2, 0.25) is 0 Å². The van der Waals surface area contributed by atoms with Crippen molar-refractivity contribution in [3.8, 4) is 22.4 Å². The minimum atomic E-state index is 0.319. The first-order valence-electron chi connectivity index (χ1n) is 17.1. The lowest BCUT2D eigenvalue weighted by atomic mass is 9.87. The van der Waals surface area contributed by atoms with Crippen molar-refractivity contribution in [3.63, 3.8) is 0 Å². The lowest BCUT2D eigenvalue weighted by Gasteiger charge is -2.56. The molecule has 1 amide bonds. The maximum Gasteiger partial charge on any atom is 0.214 e. The third kappa shape index (κ3) is 6.20. The molecule has 2 fully saturated rings. The summed E-state index contributed by atoms with van der Waals surface area (Å²) in [7, 11) is 0. The van der Waals surface area contributed by atoms with Crippen molar-refractivity contribution >= 4 is 23.6 Å². The van der Waals surface area contributed by atoms with Gasteiger partial charge in [-0.1, -0.05) is 55.8 Å². The molecule has 1 aliphatic carbocycles. The number of nitrogens with one attached hydrogen (secondary N) is 1. The molecule has 3 atom stereocenters. The summed E-state index contributed by atoms with van der Waals surface area (Å²) in [4.78, 5) is 25.8. The number of amides is 1. The number of hydrogen-bond donors (Lipinski definition) is 2. The van der Waals surface area contributed by atoms with Gasteiger partial charge in [0.05, 0.1) is 30.3 Å². The largest absolute Gasteiger partial charge is 0.383 e. The lowest BCUT2D eigenvalue weighted by Crippen LogP contribution is -2.66. The van der Waals surface area contributed by atoms with Gasteiger partial charge in [0.25, 0.3) is 0 Å². The van der Waals surface area contributed by atoms with Crippen molar-refractivity contribution in [2.75, 3.05) is 30.4 Å². The van der Waals surface area contributed by atoms with Gasteiger partial charge in [0, 0.05) is 58.8 Å². The van der Waals surface area contributed by atoms with Crippen LogP contribution in [0.1, 0.15) is 67.0 Å². The number of fused-ring (bicyclic) bond motifs is 3. The van der Waals surface area contributed by atoms with E-state index in [4.69, 9.17) is 20.9 Å². The number of benzene rings is 2. The van der Waals surface area contributed by atoms with E-state index in [-0.39, 0.29) is 0 Å². The third-order valence-electron chi connectivity index (χ3n) is 10.3. The fourth-order valence-corrected chi connectivity index (χ4v) is 7.67. The van der Waals surface area contributed by atoms with E-state index >= 15 is 0 Å². The number of morpholine rings is 1. The Morgan fingerprint density at radius 1 is 0.979 bits per heavy atom. The van der Waals surface area contributed by atoms with Crippen LogP contribution in [0.3, 0.4) is 0 Å². The maximum atomic E-state index is 12.0. The average molecular weight is 629 g/mol. The van der Waals surface area contributed by atoms with Crippen molar-refractivity contribution in [2.24, 2.45) is 0 Å². The van der Waals surface area contributed by atoms with E-state index in [1.165, 1.54) is 30.4 Å². The number of ether oxygens (including phenoxy) is 1. The molecule has 242 valence electrons. The maximum absolute atomic E-state index is 12.0. The highest BCUT2D eigenvalue weighted by atomic mass is 16.5. The number of hydrogen-bond acceptors (Lipinski definition) is 7. The number of rotatable bonds is 10. The number of aryl methyl sites for hydroxylation is 3. The van der Waals surface area contributed by atoms with E-state index in [0.717, 1.165) is 84.6 Å². The Labute approximate surface area is 277 Å². The van der Waals surface area contributed by atoms with E-state index < -0.39 is 0 Å². The second kappa shape index (κ2) is 13.4. The van der Waals surface area contributed by atoms with E-state index in [0.29, 0.717) is 41.8 Å². The molecule has 2 aromatic carbocycles. The molecule has 2 aliphatic heterocycles. The molecule has 0 radical (unpaired) electrons. The zero-order valence-electron chi connectivity index (χ0n) is 27.4. The van der Waals surface area contributed by atoms with Gasteiger partial charge in [-0.2, -0.15) is 0 Å².